The molecule has 0 amide bonds. The summed E-state index contributed by atoms with van der Waals surface area (Å²) in [6, 6.07) is 0. The lowest BCUT2D eigenvalue weighted by Crippen LogP contribution is -2.46. The van der Waals surface area contributed by atoms with E-state index in [1.54, 1.807) is 6.33 Å². The third kappa shape index (κ3) is 2.25. The van der Waals surface area contributed by atoms with Crippen molar-refractivity contribution in [2.24, 2.45) is 5.92 Å². The average Bonchev–Trinajstić information content (AvgIpc) is 2.95. The number of thioether (sulfide) groups is 1. The predicted molar refractivity (Wildman–Crippen MR) is 87.1 cm³/mol. The lowest BCUT2D eigenvalue weighted by molar-refractivity contribution is 0.491. The quantitative estimate of drug-likeness (QED) is 0.868. The zero-order valence-corrected chi connectivity index (χ0v) is 12.6. The highest BCUT2D eigenvalue weighted by Crippen LogP contribution is 2.30. The number of fused-ring (bicyclic) bond motifs is 1. The van der Waals surface area contributed by atoms with Gasteiger partial charge >= 0.3 is 0 Å². The van der Waals surface area contributed by atoms with Gasteiger partial charge in [-0.1, -0.05) is 6.08 Å². The van der Waals surface area contributed by atoms with E-state index < -0.39 is 0 Å². The van der Waals surface area contributed by atoms with Crippen LogP contribution in [0.3, 0.4) is 0 Å². The molecule has 110 valence electrons. The summed E-state index contributed by atoms with van der Waals surface area (Å²) in [7, 11) is 0. The molecule has 6 nitrogen and oxygen atoms in total. The first-order chi connectivity index (χ1) is 10.3. The van der Waals surface area contributed by atoms with Gasteiger partial charge in [0.25, 0.3) is 0 Å². The molecule has 0 unspecified atom stereocenters. The van der Waals surface area contributed by atoms with Crippen LogP contribution in [0.25, 0.3) is 11.2 Å². The third-order valence-corrected chi connectivity index (χ3v) is 5.03. The topological polar surface area (TPSA) is 60.9 Å². The molecule has 4 heterocycles. The molecule has 0 spiro atoms. The number of anilines is 2. The maximum atomic E-state index is 4.81. The smallest absolute Gasteiger partial charge is 0.229 e. The fourth-order valence-corrected chi connectivity index (χ4v) is 3.68. The molecule has 1 N–H and O–H groups in total. The fourth-order valence-electron chi connectivity index (χ4n) is 2.78. The Hall–Kier alpha value is -1.76. The Bertz CT molecular complexity index is 657. The van der Waals surface area contributed by atoms with Crippen LogP contribution >= 0.6 is 11.8 Å². The molecule has 2 aromatic rings. The van der Waals surface area contributed by atoms with Gasteiger partial charge in [0.1, 0.15) is 5.52 Å². The maximum Gasteiger partial charge on any atom is 0.229 e. The van der Waals surface area contributed by atoms with Gasteiger partial charge in [0.05, 0.1) is 6.33 Å². The van der Waals surface area contributed by atoms with Crippen molar-refractivity contribution >= 4 is 34.7 Å². The molecule has 2 aliphatic heterocycles. The minimum absolute atomic E-state index is 0.563. The molecule has 4 rings (SSSR count). The van der Waals surface area contributed by atoms with E-state index in [1.165, 1.54) is 0 Å². The van der Waals surface area contributed by atoms with Crippen LogP contribution < -0.4 is 9.80 Å². The average molecular weight is 302 g/mol. The Morgan fingerprint density at radius 1 is 1.24 bits per heavy atom. The van der Waals surface area contributed by atoms with Gasteiger partial charge < -0.3 is 14.8 Å². The summed E-state index contributed by atoms with van der Waals surface area (Å²) in [4.78, 5) is 21.5. The third-order valence-electron chi connectivity index (χ3n) is 4.09. The van der Waals surface area contributed by atoms with Crippen LogP contribution in [0.15, 0.2) is 19.0 Å². The first-order valence-corrected chi connectivity index (χ1v) is 8.42. The van der Waals surface area contributed by atoms with Gasteiger partial charge in [-0.2, -0.15) is 21.7 Å². The molecule has 2 saturated heterocycles. The fraction of sp³-hybridized carbons (Fsp3) is 0.500. The van der Waals surface area contributed by atoms with Gasteiger partial charge in [0.2, 0.25) is 5.95 Å². The van der Waals surface area contributed by atoms with Crippen LogP contribution in [0.5, 0.6) is 0 Å². The van der Waals surface area contributed by atoms with E-state index in [1.807, 2.05) is 17.8 Å². The monoisotopic (exact) mass is 302 g/mol. The standard InChI is InChI=1S/C14H18N6S/c1-2-10-7-20(8-10)13-11-12(16-9-15-11)17-14(18-13)19-3-5-21-6-4-19/h2,9-10H,1,3-8H2,(H,15,16,17,18). The second-order valence-electron chi connectivity index (χ2n) is 5.45. The SMILES string of the molecule is C=CC1CN(c2nc(N3CCSCC3)nc3nc[nH]c23)C1. The number of H-pyrrole nitrogens is 1. The van der Waals surface area contributed by atoms with Gasteiger partial charge in [-0.25, -0.2) is 4.98 Å². The summed E-state index contributed by atoms with van der Waals surface area (Å²) in [6.07, 6.45) is 3.72. The van der Waals surface area contributed by atoms with Crippen LogP contribution in [-0.4, -0.2) is 57.6 Å². The van der Waals surface area contributed by atoms with Crippen molar-refractivity contribution in [3.8, 4) is 0 Å². The Morgan fingerprint density at radius 3 is 2.81 bits per heavy atom. The van der Waals surface area contributed by atoms with Crippen LogP contribution in [0.1, 0.15) is 0 Å². The summed E-state index contributed by atoms with van der Waals surface area (Å²) in [5.74, 6) is 4.63. The molecule has 0 radical (unpaired) electrons. The van der Waals surface area contributed by atoms with Gasteiger partial charge in [0, 0.05) is 43.6 Å². The highest BCUT2D eigenvalue weighted by Gasteiger charge is 2.28. The second kappa shape index (κ2) is 5.22. The number of aromatic nitrogens is 4. The predicted octanol–water partition coefficient (Wildman–Crippen LogP) is 1.53. The highest BCUT2D eigenvalue weighted by molar-refractivity contribution is 7.99. The molecule has 0 saturated carbocycles. The zero-order chi connectivity index (χ0) is 14.2. The van der Waals surface area contributed by atoms with Crippen molar-refractivity contribution in [1.29, 1.82) is 0 Å². The molecular formula is C14H18N6S. The number of hydrogen-bond donors (Lipinski definition) is 1. The number of nitrogens with zero attached hydrogens (tertiary/aromatic N) is 5. The van der Waals surface area contributed by atoms with Crippen molar-refractivity contribution in [3.05, 3.63) is 19.0 Å². The van der Waals surface area contributed by atoms with Gasteiger partial charge in [-0.15, -0.1) is 6.58 Å². The normalized spacial score (nSPS) is 19.8. The van der Waals surface area contributed by atoms with Crippen molar-refractivity contribution in [2.45, 2.75) is 0 Å². The van der Waals surface area contributed by atoms with E-state index in [2.05, 4.69) is 31.3 Å². The van der Waals surface area contributed by atoms with Gasteiger partial charge in [-0.05, 0) is 0 Å². The summed E-state index contributed by atoms with van der Waals surface area (Å²) >= 11 is 1.99. The number of aromatic amines is 1. The summed E-state index contributed by atoms with van der Waals surface area (Å²) in [5, 5.41) is 0. The van der Waals surface area contributed by atoms with Crippen LogP contribution in [-0.2, 0) is 0 Å². The molecule has 0 atom stereocenters. The van der Waals surface area contributed by atoms with Crippen LogP contribution in [0.2, 0.25) is 0 Å². The van der Waals surface area contributed by atoms with E-state index in [0.717, 1.165) is 60.6 Å². The molecule has 2 aromatic heterocycles. The summed E-state index contributed by atoms with van der Waals surface area (Å²) in [5.41, 5.74) is 1.70. The Morgan fingerprint density at radius 2 is 2.05 bits per heavy atom. The largest absolute Gasteiger partial charge is 0.353 e. The number of hydrogen-bond acceptors (Lipinski definition) is 6. The number of rotatable bonds is 3. The molecule has 7 heteroatoms. The lowest BCUT2D eigenvalue weighted by atomic mass is 10.0. The minimum atomic E-state index is 0.563. The Labute approximate surface area is 127 Å². The molecule has 0 aromatic carbocycles. The second-order valence-corrected chi connectivity index (χ2v) is 6.67. The summed E-state index contributed by atoms with van der Waals surface area (Å²) in [6.45, 7) is 7.83. The van der Waals surface area contributed by atoms with Crippen molar-refractivity contribution < 1.29 is 0 Å². The number of imidazole rings is 1. The van der Waals surface area contributed by atoms with Crippen molar-refractivity contribution in [1.82, 2.24) is 19.9 Å². The molecule has 21 heavy (non-hydrogen) atoms. The van der Waals surface area contributed by atoms with Gasteiger partial charge in [-0.3, -0.25) is 0 Å². The van der Waals surface area contributed by atoms with Gasteiger partial charge in [0.15, 0.2) is 11.5 Å². The van der Waals surface area contributed by atoms with E-state index >= 15 is 0 Å². The Kier molecular flexibility index (Phi) is 3.21. The molecule has 0 aliphatic carbocycles. The van der Waals surface area contributed by atoms with E-state index in [4.69, 9.17) is 4.98 Å². The molecule has 2 fully saturated rings. The van der Waals surface area contributed by atoms with E-state index in [9.17, 15) is 0 Å². The van der Waals surface area contributed by atoms with E-state index in [-0.39, 0.29) is 0 Å². The lowest BCUT2D eigenvalue weighted by Gasteiger charge is -2.39. The zero-order valence-electron chi connectivity index (χ0n) is 11.8. The van der Waals surface area contributed by atoms with Crippen LogP contribution in [0.4, 0.5) is 11.8 Å². The summed E-state index contributed by atoms with van der Waals surface area (Å²) < 4.78 is 0. The Balaban J connectivity index is 1.70. The number of nitrogens with one attached hydrogen (secondary N) is 1. The van der Waals surface area contributed by atoms with Crippen molar-refractivity contribution in [2.75, 3.05) is 47.5 Å². The maximum absolute atomic E-state index is 4.81. The molecule has 2 aliphatic rings. The molecule has 0 bridgehead atoms. The van der Waals surface area contributed by atoms with E-state index in [0.29, 0.717) is 5.92 Å². The first kappa shape index (κ1) is 12.9. The van der Waals surface area contributed by atoms with Crippen molar-refractivity contribution in [3.63, 3.8) is 0 Å². The minimum Gasteiger partial charge on any atom is -0.353 e. The van der Waals surface area contributed by atoms with Crippen LogP contribution in [0, 0.1) is 5.92 Å². The molecular weight excluding hydrogens is 284 g/mol. The highest BCUT2D eigenvalue weighted by atomic mass is 32.2. The first-order valence-electron chi connectivity index (χ1n) is 7.26.